The number of carbonyl (C=O) groups is 2. The lowest BCUT2D eigenvalue weighted by molar-refractivity contribution is -0.137. The van der Waals surface area contributed by atoms with Gasteiger partial charge < -0.3 is 20.5 Å². The first-order valence-corrected chi connectivity index (χ1v) is 11.3. The molecular formula is C28H23F3N2O4. The summed E-state index contributed by atoms with van der Waals surface area (Å²) >= 11 is 0. The van der Waals surface area contributed by atoms with Gasteiger partial charge in [-0.05, 0) is 53.1 Å². The Hall–Kier alpha value is -4.37. The van der Waals surface area contributed by atoms with E-state index in [1.165, 1.54) is 31.4 Å². The Kier molecular flexibility index (Phi) is 7.45. The van der Waals surface area contributed by atoms with Gasteiger partial charge in [-0.25, -0.2) is 0 Å². The molecule has 0 saturated carbocycles. The maximum Gasteiger partial charge on any atom is 0.416 e. The van der Waals surface area contributed by atoms with E-state index in [-0.39, 0.29) is 6.42 Å². The fourth-order valence-corrected chi connectivity index (χ4v) is 3.94. The molecule has 1 heterocycles. The van der Waals surface area contributed by atoms with Gasteiger partial charge in [-0.2, -0.15) is 13.2 Å². The van der Waals surface area contributed by atoms with Crippen molar-refractivity contribution in [2.45, 2.75) is 18.7 Å². The van der Waals surface area contributed by atoms with Crippen LogP contribution in [0.2, 0.25) is 0 Å². The number of anilines is 2. The number of methoxy groups -OCH3 is 1. The SMILES string of the molecule is COc1cccc(/C(=C/C=C/C(=O)Nc2cccc3c2CC(O)C(=O)N3)c2ccc(C(F)(F)F)cc2)c1. The van der Waals surface area contributed by atoms with Crippen LogP contribution in [0.4, 0.5) is 24.5 Å². The number of alkyl halides is 3. The zero-order valence-electron chi connectivity index (χ0n) is 19.7. The largest absolute Gasteiger partial charge is 0.497 e. The van der Waals surface area contributed by atoms with E-state index in [0.717, 1.165) is 12.1 Å². The van der Waals surface area contributed by atoms with Crippen LogP contribution in [0, 0.1) is 0 Å². The minimum Gasteiger partial charge on any atom is -0.497 e. The van der Waals surface area contributed by atoms with E-state index >= 15 is 0 Å². The van der Waals surface area contributed by atoms with Crippen molar-refractivity contribution in [2.24, 2.45) is 0 Å². The maximum atomic E-state index is 13.0. The molecule has 190 valence electrons. The van der Waals surface area contributed by atoms with Gasteiger partial charge >= 0.3 is 6.18 Å². The summed E-state index contributed by atoms with van der Waals surface area (Å²) in [5.41, 5.74) is 2.60. The number of allylic oxidation sites excluding steroid dienone is 2. The second-order valence-corrected chi connectivity index (χ2v) is 8.28. The predicted molar refractivity (Wildman–Crippen MR) is 134 cm³/mol. The molecule has 1 aliphatic heterocycles. The van der Waals surface area contributed by atoms with Crippen LogP contribution in [0.3, 0.4) is 0 Å². The highest BCUT2D eigenvalue weighted by molar-refractivity contribution is 6.03. The highest BCUT2D eigenvalue weighted by Crippen LogP contribution is 2.32. The molecule has 1 atom stereocenters. The Labute approximate surface area is 211 Å². The van der Waals surface area contributed by atoms with E-state index in [1.807, 2.05) is 0 Å². The number of aliphatic hydroxyl groups is 1. The van der Waals surface area contributed by atoms with Crippen LogP contribution in [0.5, 0.6) is 5.75 Å². The Morgan fingerprint density at radius 2 is 1.81 bits per heavy atom. The van der Waals surface area contributed by atoms with Crippen molar-refractivity contribution in [1.82, 2.24) is 0 Å². The average molecular weight is 508 g/mol. The minimum absolute atomic E-state index is 0.0646. The van der Waals surface area contributed by atoms with Crippen LogP contribution in [0.1, 0.15) is 22.3 Å². The third-order valence-corrected chi connectivity index (χ3v) is 5.81. The average Bonchev–Trinajstić information content (AvgIpc) is 2.87. The molecule has 0 fully saturated rings. The van der Waals surface area contributed by atoms with E-state index in [1.54, 1.807) is 48.5 Å². The number of fused-ring (bicyclic) bond motifs is 1. The number of aliphatic hydroxyl groups excluding tert-OH is 1. The van der Waals surface area contributed by atoms with Crippen LogP contribution in [0.25, 0.3) is 5.57 Å². The molecule has 2 amide bonds. The van der Waals surface area contributed by atoms with E-state index in [4.69, 9.17) is 4.74 Å². The number of amides is 2. The van der Waals surface area contributed by atoms with Crippen LogP contribution in [-0.4, -0.2) is 30.1 Å². The van der Waals surface area contributed by atoms with Crippen LogP contribution >= 0.6 is 0 Å². The lowest BCUT2D eigenvalue weighted by Crippen LogP contribution is -2.34. The third-order valence-electron chi connectivity index (χ3n) is 5.81. The molecule has 9 heteroatoms. The highest BCUT2D eigenvalue weighted by atomic mass is 19.4. The molecule has 4 rings (SSSR count). The fourth-order valence-electron chi connectivity index (χ4n) is 3.94. The number of nitrogens with one attached hydrogen (secondary N) is 2. The molecule has 1 aliphatic rings. The summed E-state index contributed by atoms with van der Waals surface area (Å²) in [6, 6.07) is 16.8. The van der Waals surface area contributed by atoms with Crippen molar-refractivity contribution in [1.29, 1.82) is 0 Å². The molecule has 3 N–H and O–H groups in total. The summed E-state index contributed by atoms with van der Waals surface area (Å²) in [6.07, 6.45) is -1.20. The molecule has 0 saturated heterocycles. The second kappa shape index (κ2) is 10.7. The maximum absolute atomic E-state index is 13.0. The van der Waals surface area contributed by atoms with Crippen molar-refractivity contribution < 1.29 is 32.6 Å². The van der Waals surface area contributed by atoms with E-state index in [9.17, 15) is 27.9 Å². The summed E-state index contributed by atoms with van der Waals surface area (Å²) in [7, 11) is 1.51. The van der Waals surface area contributed by atoms with Gasteiger partial charge in [-0.3, -0.25) is 9.59 Å². The highest BCUT2D eigenvalue weighted by Gasteiger charge is 2.30. The fraction of sp³-hybridized carbons (Fsp3) is 0.143. The minimum atomic E-state index is -4.45. The summed E-state index contributed by atoms with van der Waals surface area (Å²) in [5, 5.41) is 15.2. The lowest BCUT2D eigenvalue weighted by Gasteiger charge is -2.23. The monoisotopic (exact) mass is 508 g/mol. The van der Waals surface area contributed by atoms with Gasteiger partial charge in [0.2, 0.25) is 5.91 Å². The van der Waals surface area contributed by atoms with Gasteiger partial charge in [0.25, 0.3) is 5.91 Å². The second-order valence-electron chi connectivity index (χ2n) is 8.28. The van der Waals surface area contributed by atoms with E-state index < -0.39 is 29.7 Å². The zero-order valence-corrected chi connectivity index (χ0v) is 19.7. The quantitative estimate of drug-likeness (QED) is 0.316. The Morgan fingerprint density at radius 1 is 1.08 bits per heavy atom. The van der Waals surface area contributed by atoms with Crippen molar-refractivity contribution in [2.75, 3.05) is 17.7 Å². The number of benzene rings is 3. The molecule has 0 radical (unpaired) electrons. The summed E-state index contributed by atoms with van der Waals surface area (Å²) in [5.74, 6) is -0.400. The Balaban J connectivity index is 1.60. The van der Waals surface area contributed by atoms with Crippen molar-refractivity contribution >= 4 is 28.8 Å². The third kappa shape index (κ3) is 6.07. The number of hydrogen-bond acceptors (Lipinski definition) is 4. The first-order chi connectivity index (χ1) is 17.7. The van der Waals surface area contributed by atoms with Crippen LogP contribution in [0.15, 0.2) is 85.0 Å². The topological polar surface area (TPSA) is 87.7 Å². The molecule has 0 aliphatic carbocycles. The molecule has 37 heavy (non-hydrogen) atoms. The molecule has 0 bridgehead atoms. The number of halogens is 3. The Morgan fingerprint density at radius 3 is 2.51 bits per heavy atom. The van der Waals surface area contributed by atoms with Gasteiger partial charge in [-0.15, -0.1) is 0 Å². The molecule has 3 aromatic carbocycles. The molecule has 0 spiro atoms. The van der Waals surface area contributed by atoms with E-state index in [2.05, 4.69) is 10.6 Å². The van der Waals surface area contributed by atoms with Crippen molar-refractivity contribution in [3.8, 4) is 5.75 Å². The number of rotatable bonds is 6. The molecular weight excluding hydrogens is 485 g/mol. The summed E-state index contributed by atoms with van der Waals surface area (Å²) < 4.78 is 44.4. The van der Waals surface area contributed by atoms with Gasteiger partial charge in [0.05, 0.1) is 12.7 Å². The van der Waals surface area contributed by atoms with Gasteiger partial charge in [0.15, 0.2) is 0 Å². The van der Waals surface area contributed by atoms with Crippen LogP contribution < -0.4 is 15.4 Å². The summed E-state index contributed by atoms with van der Waals surface area (Å²) in [6.45, 7) is 0. The first kappa shape index (κ1) is 25.7. The number of carbonyl (C=O) groups excluding carboxylic acids is 2. The van der Waals surface area contributed by atoms with Gasteiger partial charge in [-0.1, -0.05) is 42.5 Å². The number of hydrogen-bond donors (Lipinski definition) is 3. The van der Waals surface area contributed by atoms with Crippen molar-refractivity contribution in [3.05, 3.63) is 107 Å². The van der Waals surface area contributed by atoms with Crippen molar-refractivity contribution in [3.63, 3.8) is 0 Å². The number of ether oxygens (including phenoxy) is 1. The van der Waals surface area contributed by atoms with Crippen LogP contribution in [-0.2, 0) is 22.2 Å². The Bertz CT molecular complexity index is 1380. The normalized spacial score (nSPS) is 15.8. The molecule has 6 nitrogen and oxygen atoms in total. The lowest BCUT2D eigenvalue weighted by atomic mass is 9.96. The molecule has 1 unspecified atom stereocenters. The van der Waals surface area contributed by atoms with Gasteiger partial charge in [0, 0.05) is 29.4 Å². The zero-order chi connectivity index (χ0) is 26.6. The van der Waals surface area contributed by atoms with E-state index in [0.29, 0.717) is 39.4 Å². The smallest absolute Gasteiger partial charge is 0.416 e. The standard InChI is InChI=1S/C28H23F3N2O4/c1-37-20-6-2-5-18(15-20)21(17-11-13-19(14-12-17)28(29,30)31)7-3-10-26(35)32-23-8-4-9-24-22(23)16-25(34)27(36)33-24/h2-15,25,34H,16H2,1H3,(H,32,35)(H,33,36)/b10-3+,21-7+. The first-order valence-electron chi connectivity index (χ1n) is 11.3. The summed E-state index contributed by atoms with van der Waals surface area (Å²) in [4.78, 5) is 24.3. The predicted octanol–water partition coefficient (Wildman–Crippen LogP) is 5.20. The van der Waals surface area contributed by atoms with Gasteiger partial charge in [0.1, 0.15) is 11.9 Å². The molecule has 3 aromatic rings. The molecule has 0 aromatic heterocycles.